The number of nitrogens with zero attached hydrogens (tertiary/aromatic N) is 2. The van der Waals surface area contributed by atoms with E-state index in [0.29, 0.717) is 60.4 Å². The van der Waals surface area contributed by atoms with E-state index in [9.17, 15) is 14.7 Å². The van der Waals surface area contributed by atoms with E-state index in [1.165, 1.54) is 0 Å². The van der Waals surface area contributed by atoms with Crippen molar-refractivity contribution >= 4 is 23.3 Å². The fourth-order valence-electron chi connectivity index (χ4n) is 6.45. The first-order valence-electron chi connectivity index (χ1n) is 17.6. The second-order valence-corrected chi connectivity index (χ2v) is 13.5. The van der Waals surface area contributed by atoms with Gasteiger partial charge in [0.15, 0.2) is 23.0 Å². The molecular weight excluding hydrogens is 656 g/mol. The average Bonchev–Trinajstić information content (AvgIpc) is 3.78. The fourth-order valence-corrected chi connectivity index (χ4v) is 6.45. The number of ether oxygens (including phenoxy) is 6. The topological polar surface area (TPSA) is 140 Å². The molecule has 3 aromatic carbocycles. The van der Waals surface area contributed by atoms with Crippen molar-refractivity contribution in [3.63, 3.8) is 0 Å². The van der Waals surface area contributed by atoms with E-state index >= 15 is 0 Å². The third-order valence-corrected chi connectivity index (χ3v) is 9.32. The van der Waals surface area contributed by atoms with Gasteiger partial charge in [-0.2, -0.15) is 0 Å². The van der Waals surface area contributed by atoms with Gasteiger partial charge in [0.1, 0.15) is 5.75 Å². The first-order chi connectivity index (χ1) is 24.7. The molecule has 3 amide bonds. The maximum Gasteiger partial charge on any atom is 0.323 e. The van der Waals surface area contributed by atoms with Gasteiger partial charge >= 0.3 is 6.03 Å². The van der Waals surface area contributed by atoms with Gasteiger partial charge in [-0.25, -0.2) is 4.79 Å². The van der Waals surface area contributed by atoms with Crippen LogP contribution in [0.15, 0.2) is 54.6 Å². The van der Waals surface area contributed by atoms with Gasteiger partial charge in [0.05, 0.1) is 30.4 Å². The standard InChI is InChI=1S/C38H48N4O9/c1-24-18-42(25(2)21-43)37(44)30-16-28(39-38(45)40-29-10-13-33-35(17-29)50-23-48-33)9-12-31(30)51-26(3)7-5-6-14-46-36(24)20-41(4)19-27-8-11-32-34(15-27)49-22-47-32/h8-13,15-17,24-26,36,43H,5-7,14,18-23H2,1-4H3,(H2,39,40,45)/t24-,25-,26-,36-/m0/s1. The molecule has 0 radical (unpaired) electrons. The third-order valence-electron chi connectivity index (χ3n) is 9.32. The summed E-state index contributed by atoms with van der Waals surface area (Å²) < 4.78 is 34.7. The van der Waals surface area contributed by atoms with E-state index in [1.807, 2.05) is 32.0 Å². The van der Waals surface area contributed by atoms with Crippen LogP contribution >= 0.6 is 0 Å². The van der Waals surface area contributed by atoms with Crippen LogP contribution in [0.5, 0.6) is 28.7 Å². The highest BCUT2D eigenvalue weighted by atomic mass is 16.7. The molecule has 3 N–H and O–H groups in total. The number of urea groups is 1. The van der Waals surface area contributed by atoms with E-state index < -0.39 is 12.1 Å². The lowest BCUT2D eigenvalue weighted by atomic mass is 10.0. The molecule has 0 spiro atoms. The third kappa shape index (κ3) is 9.15. The van der Waals surface area contributed by atoms with E-state index in [0.717, 1.165) is 36.3 Å². The summed E-state index contributed by atoms with van der Waals surface area (Å²) in [4.78, 5) is 31.4. The zero-order chi connectivity index (χ0) is 35.9. The van der Waals surface area contributed by atoms with Gasteiger partial charge in [-0.05, 0) is 88.2 Å². The van der Waals surface area contributed by atoms with Gasteiger partial charge < -0.3 is 49.1 Å². The predicted octanol–water partition coefficient (Wildman–Crippen LogP) is 5.72. The largest absolute Gasteiger partial charge is 0.490 e. The maximum absolute atomic E-state index is 14.5. The first-order valence-corrected chi connectivity index (χ1v) is 17.6. The molecule has 3 aromatic rings. The predicted molar refractivity (Wildman–Crippen MR) is 191 cm³/mol. The minimum atomic E-state index is -0.490. The van der Waals surface area contributed by atoms with Gasteiger partial charge in [0.25, 0.3) is 5.91 Å². The van der Waals surface area contributed by atoms with Crippen molar-refractivity contribution < 1.29 is 43.1 Å². The van der Waals surface area contributed by atoms with Crippen molar-refractivity contribution in [1.82, 2.24) is 9.80 Å². The average molecular weight is 705 g/mol. The molecule has 274 valence electrons. The molecule has 3 aliphatic rings. The minimum Gasteiger partial charge on any atom is -0.490 e. The summed E-state index contributed by atoms with van der Waals surface area (Å²) >= 11 is 0. The summed E-state index contributed by atoms with van der Waals surface area (Å²) in [6.07, 6.45) is 2.18. The molecule has 0 saturated heterocycles. The molecule has 3 heterocycles. The number of fused-ring (bicyclic) bond motifs is 3. The van der Waals surface area contributed by atoms with Crippen LogP contribution in [0.1, 0.15) is 56.0 Å². The van der Waals surface area contributed by atoms with Crippen molar-refractivity contribution in [1.29, 1.82) is 0 Å². The van der Waals surface area contributed by atoms with E-state index in [2.05, 4.69) is 29.5 Å². The fraction of sp³-hybridized carbons (Fsp3) is 0.474. The molecule has 13 nitrogen and oxygen atoms in total. The van der Waals surface area contributed by atoms with E-state index in [4.69, 9.17) is 28.4 Å². The molecule has 13 heteroatoms. The smallest absolute Gasteiger partial charge is 0.323 e. The molecule has 0 saturated carbocycles. The van der Waals surface area contributed by atoms with Crippen molar-refractivity contribution in [2.75, 3.05) is 57.6 Å². The highest BCUT2D eigenvalue weighted by molar-refractivity contribution is 6.02. The molecule has 3 aliphatic heterocycles. The molecule has 0 bridgehead atoms. The summed E-state index contributed by atoms with van der Waals surface area (Å²) in [7, 11) is 2.05. The van der Waals surface area contributed by atoms with Gasteiger partial charge in [-0.3, -0.25) is 9.69 Å². The molecular formula is C38H48N4O9. The van der Waals surface area contributed by atoms with Crippen LogP contribution in [0.25, 0.3) is 0 Å². The maximum atomic E-state index is 14.5. The number of benzene rings is 3. The van der Waals surface area contributed by atoms with E-state index in [-0.39, 0.29) is 44.2 Å². The second kappa shape index (κ2) is 16.5. The number of rotatable bonds is 8. The molecule has 0 unspecified atom stereocenters. The Labute approximate surface area is 298 Å². The Morgan fingerprint density at radius 1 is 0.902 bits per heavy atom. The highest BCUT2D eigenvalue weighted by Gasteiger charge is 2.31. The van der Waals surface area contributed by atoms with Crippen LogP contribution in [0.2, 0.25) is 0 Å². The number of aliphatic hydroxyl groups excluding tert-OH is 1. The number of anilines is 2. The monoisotopic (exact) mass is 704 g/mol. The van der Waals surface area contributed by atoms with Crippen LogP contribution in [0.3, 0.4) is 0 Å². The molecule has 4 atom stereocenters. The van der Waals surface area contributed by atoms with Crippen molar-refractivity contribution in [2.45, 2.75) is 64.8 Å². The minimum absolute atomic E-state index is 0.0813. The summed E-state index contributed by atoms with van der Waals surface area (Å²) in [5, 5.41) is 15.9. The summed E-state index contributed by atoms with van der Waals surface area (Å²) in [5.41, 5.74) is 2.33. The number of carbonyl (C=O) groups is 2. The Morgan fingerprint density at radius 2 is 1.55 bits per heavy atom. The number of nitrogens with one attached hydrogen (secondary N) is 2. The van der Waals surface area contributed by atoms with Gasteiger partial charge in [-0.15, -0.1) is 0 Å². The van der Waals surface area contributed by atoms with Crippen molar-refractivity contribution in [3.8, 4) is 28.7 Å². The molecule has 0 aliphatic carbocycles. The lowest BCUT2D eigenvalue weighted by Crippen LogP contribution is -2.47. The Morgan fingerprint density at radius 3 is 2.27 bits per heavy atom. The van der Waals surface area contributed by atoms with Crippen LogP contribution in [0, 0.1) is 5.92 Å². The quantitative estimate of drug-likeness (QED) is 0.267. The molecule has 0 aromatic heterocycles. The zero-order valence-electron chi connectivity index (χ0n) is 29.7. The second-order valence-electron chi connectivity index (χ2n) is 13.5. The molecule has 51 heavy (non-hydrogen) atoms. The first kappa shape index (κ1) is 36.1. The highest BCUT2D eigenvalue weighted by Crippen LogP contribution is 2.35. The molecule has 0 fully saturated rings. The SMILES string of the molecule is C[C@H]1CCCCO[C@@H](CN(C)Cc2ccc3c(c2)OCO3)[C@@H](C)CN([C@@H](C)CO)C(=O)c2cc(NC(=O)Nc3ccc4c(c3)OCO4)ccc2O1. The summed E-state index contributed by atoms with van der Waals surface area (Å²) in [6.45, 7) is 8.25. The summed E-state index contributed by atoms with van der Waals surface area (Å²) in [5.74, 6) is 2.69. The van der Waals surface area contributed by atoms with Gasteiger partial charge in [-0.1, -0.05) is 13.0 Å². The Hall–Kier alpha value is -4.72. The van der Waals surface area contributed by atoms with Crippen molar-refractivity contribution in [3.05, 3.63) is 65.7 Å². The Balaban J connectivity index is 1.20. The number of hydrogen-bond donors (Lipinski definition) is 3. The number of hydrogen-bond acceptors (Lipinski definition) is 10. The summed E-state index contributed by atoms with van der Waals surface area (Å²) in [6, 6.07) is 15.2. The normalized spacial score (nSPS) is 21.0. The number of aliphatic hydroxyl groups is 1. The van der Waals surface area contributed by atoms with Gasteiger partial charge in [0.2, 0.25) is 13.6 Å². The van der Waals surface area contributed by atoms with Gasteiger partial charge in [0, 0.05) is 49.6 Å². The van der Waals surface area contributed by atoms with Crippen LogP contribution in [-0.4, -0.2) is 92.0 Å². The Kier molecular flexibility index (Phi) is 11.7. The number of amides is 3. The zero-order valence-corrected chi connectivity index (χ0v) is 29.7. The van der Waals surface area contributed by atoms with Crippen LogP contribution in [-0.2, 0) is 11.3 Å². The Bertz CT molecular complexity index is 1690. The van der Waals surface area contributed by atoms with Crippen LogP contribution < -0.4 is 34.3 Å². The van der Waals surface area contributed by atoms with Crippen LogP contribution in [0.4, 0.5) is 16.2 Å². The van der Waals surface area contributed by atoms with E-state index in [1.54, 1.807) is 41.3 Å². The molecule has 6 rings (SSSR count). The lowest BCUT2D eigenvalue weighted by Gasteiger charge is -2.36. The van der Waals surface area contributed by atoms with Crippen molar-refractivity contribution in [2.24, 2.45) is 5.92 Å². The number of carbonyl (C=O) groups excluding carboxylic acids is 2. The lowest BCUT2D eigenvalue weighted by molar-refractivity contribution is -0.0177. The number of likely N-dealkylation sites (N-methyl/N-ethyl adjacent to an activating group) is 1.